The summed E-state index contributed by atoms with van der Waals surface area (Å²) in [5.74, 6) is -0.447. The third-order valence-corrected chi connectivity index (χ3v) is 3.80. The van der Waals surface area contributed by atoms with E-state index in [-0.39, 0.29) is 25.1 Å². The van der Waals surface area contributed by atoms with Crippen LogP contribution in [-0.4, -0.2) is 29.1 Å². The average molecular weight is 317 g/mol. The lowest BCUT2D eigenvalue weighted by Crippen LogP contribution is -2.37. The molecular weight excluding hydrogens is 299 g/mol. The van der Waals surface area contributed by atoms with Crippen LogP contribution in [0.1, 0.15) is 38.3 Å². The molecule has 0 aliphatic heterocycles. The van der Waals surface area contributed by atoms with Gasteiger partial charge >= 0.3 is 12.1 Å². The first-order chi connectivity index (χ1) is 10.4. The largest absolute Gasteiger partial charge is 0.466 e. The lowest BCUT2D eigenvalue weighted by molar-refractivity contribution is -0.154. The van der Waals surface area contributed by atoms with Gasteiger partial charge in [-0.25, -0.2) is 9.97 Å². The summed E-state index contributed by atoms with van der Waals surface area (Å²) < 4.78 is 43.0. The lowest BCUT2D eigenvalue weighted by atomic mass is 9.86. The molecular formula is C14H18F3N3O2. The van der Waals surface area contributed by atoms with Crippen molar-refractivity contribution >= 4 is 11.9 Å². The van der Waals surface area contributed by atoms with Crippen molar-refractivity contribution in [1.82, 2.24) is 9.97 Å². The van der Waals surface area contributed by atoms with Crippen LogP contribution in [0, 0.1) is 5.41 Å². The van der Waals surface area contributed by atoms with E-state index >= 15 is 0 Å². The second-order valence-corrected chi connectivity index (χ2v) is 5.32. The predicted octanol–water partition coefficient (Wildman–Crippen LogP) is 3.03. The first-order valence-electron chi connectivity index (χ1n) is 7.19. The molecule has 8 heteroatoms. The maximum Gasteiger partial charge on any atom is 0.433 e. The number of halogens is 3. The predicted molar refractivity (Wildman–Crippen MR) is 73.1 cm³/mol. The lowest BCUT2D eigenvalue weighted by Gasteiger charge is -2.26. The summed E-state index contributed by atoms with van der Waals surface area (Å²) in [5, 5.41) is 2.76. The third kappa shape index (κ3) is 3.66. The molecule has 0 saturated heterocycles. The smallest absolute Gasteiger partial charge is 0.433 e. The summed E-state index contributed by atoms with van der Waals surface area (Å²) in [7, 11) is 0. The monoisotopic (exact) mass is 317 g/mol. The first-order valence-corrected chi connectivity index (χ1v) is 7.19. The number of nitrogens with zero attached hydrogens (tertiary/aromatic N) is 2. The molecule has 22 heavy (non-hydrogen) atoms. The molecule has 0 atom stereocenters. The van der Waals surface area contributed by atoms with Gasteiger partial charge in [-0.2, -0.15) is 13.2 Å². The minimum Gasteiger partial charge on any atom is -0.466 e. The van der Waals surface area contributed by atoms with Gasteiger partial charge in [0.25, 0.3) is 0 Å². The number of alkyl halides is 3. The Morgan fingerprint density at radius 2 is 2.09 bits per heavy atom. The molecule has 0 aromatic carbocycles. The van der Waals surface area contributed by atoms with Crippen molar-refractivity contribution in [3.05, 3.63) is 18.0 Å². The van der Waals surface area contributed by atoms with Crippen molar-refractivity contribution in [2.24, 2.45) is 5.41 Å². The molecule has 1 aliphatic carbocycles. The van der Waals surface area contributed by atoms with Crippen molar-refractivity contribution in [1.29, 1.82) is 0 Å². The zero-order chi connectivity index (χ0) is 16.2. The van der Waals surface area contributed by atoms with Crippen LogP contribution in [0.15, 0.2) is 12.3 Å². The Morgan fingerprint density at radius 3 is 2.68 bits per heavy atom. The molecule has 0 amide bonds. The number of hydrogen-bond donors (Lipinski definition) is 1. The molecule has 1 aliphatic rings. The maximum atomic E-state index is 12.6. The van der Waals surface area contributed by atoms with Crippen molar-refractivity contribution in [3.8, 4) is 0 Å². The van der Waals surface area contributed by atoms with Crippen LogP contribution < -0.4 is 5.32 Å². The van der Waals surface area contributed by atoms with Crippen LogP contribution in [0.2, 0.25) is 0 Å². The molecule has 1 N–H and O–H groups in total. The van der Waals surface area contributed by atoms with E-state index in [4.69, 9.17) is 4.74 Å². The van der Waals surface area contributed by atoms with Crippen LogP contribution in [-0.2, 0) is 15.7 Å². The molecule has 0 unspecified atom stereocenters. The van der Waals surface area contributed by atoms with E-state index in [1.165, 1.54) is 0 Å². The summed E-state index contributed by atoms with van der Waals surface area (Å²) in [6, 6.07) is 0.807. The van der Waals surface area contributed by atoms with Gasteiger partial charge in [-0.1, -0.05) is 12.8 Å². The highest BCUT2D eigenvalue weighted by Crippen LogP contribution is 2.39. The number of carbonyl (C=O) groups excluding carboxylic acids is 1. The molecule has 0 spiro atoms. The van der Waals surface area contributed by atoms with Crippen molar-refractivity contribution < 1.29 is 22.7 Å². The Labute approximate surface area is 126 Å². The first kappa shape index (κ1) is 16.5. The highest BCUT2D eigenvalue weighted by molar-refractivity contribution is 5.78. The van der Waals surface area contributed by atoms with E-state index in [0.717, 1.165) is 25.1 Å². The van der Waals surface area contributed by atoms with Gasteiger partial charge in [0.2, 0.25) is 5.95 Å². The minimum absolute atomic E-state index is 0.134. The zero-order valence-corrected chi connectivity index (χ0v) is 12.2. The van der Waals surface area contributed by atoms with E-state index < -0.39 is 17.3 Å². The molecule has 1 aromatic heterocycles. The number of aromatic nitrogens is 2. The Morgan fingerprint density at radius 1 is 1.41 bits per heavy atom. The summed E-state index contributed by atoms with van der Waals surface area (Å²) in [6.45, 7) is 2.18. The fourth-order valence-electron chi connectivity index (χ4n) is 2.64. The SMILES string of the molecule is CCOC(=O)C1(CNc2nccc(C(F)(F)F)n2)CCCC1. The number of carbonyl (C=O) groups is 1. The molecule has 1 saturated carbocycles. The van der Waals surface area contributed by atoms with Gasteiger partial charge in [0.1, 0.15) is 5.69 Å². The van der Waals surface area contributed by atoms with E-state index in [9.17, 15) is 18.0 Å². The molecule has 2 rings (SSSR count). The quantitative estimate of drug-likeness (QED) is 0.846. The number of ether oxygens (including phenoxy) is 1. The Kier molecular flexibility index (Phi) is 4.87. The minimum atomic E-state index is -4.52. The van der Waals surface area contributed by atoms with Gasteiger partial charge in [0.05, 0.1) is 12.0 Å². The third-order valence-electron chi connectivity index (χ3n) is 3.80. The highest BCUT2D eigenvalue weighted by atomic mass is 19.4. The van der Waals surface area contributed by atoms with E-state index in [2.05, 4.69) is 15.3 Å². The van der Waals surface area contributed by atoms with E-state index in [1.54, 1.807) is 6.92 Å². The molecule has 0 bridgehead atoms. The molecule has 1 heterocycles. The van der Waals surface area contributed by atoms with Gasteiger partial charge < -0.3 is 10.1 Å². The van der Waals surface area contributed by atoms with Crippen LogP contribution in [0.4, 0.5) is 19.1 Å². The van der Waals surface area contributed by atoms with Gasteiger partial charge in [-0.3, -0.25) is 4.79 Å². The van der Waals surface area contributed by atoms with Gasteiger partial charge in [0.15, 0.2) is 0 Å². The van der Waals surface area contributed by atoms with Crippen molar-refractivity contribution in [2.75, 3.05) is 18.5 Å². The van der Waals surface area contributed by atoms with Crippen LogP contribution in [0.25, 0.3) is 0 Å². The number of nitrogens with one attached hydrogen (secondary N) is 1. The maximum absolute atomic E-state index is 12.6. The molecule has 122 valence electrons. The molecule has 1 aromatic rings. The fourth-order valence-corrected chi connectivity index (χ4v) is 2.64. The van der Waals surface area contributed by atoms with Crippen LogP contribution in [0.5, 0.6) is 0 Å². The van der Waals surface area contributed by atoms with E-state index in [0.29, 0.717) is 12.8 Å². The van der Waals surface area contributed by atoms with Gasteiger partial charge in [-0.15, -0.1) is 0 Å². The number of anilines is 1. The Balaban J connectivity index is 2.09. The highest BCUT2D eigenvalue weighted by Gasteiger charge is 2.42. The molecule has 0 radical (unpaired) electrons. The second-order valence-electron chi connectivity index (χ2n) is 5.32. The van der Waals surface area contributed by atoms with Gasteiger partial charge in [0, 0.05) is 12.7 Å². The summed E-state index contributed by atoms with van der Waals surface area (Å²) >= 11 is 0. The van der Waals surface area contributed by atoms with Gasteiger partial charge in [-0.05, 0) is 25.8 Å². The number of hydrogen-bond acceptors (Lipinski definition) is 5. The molecule has 5 nitrogen and oxygen atoms in total. The summed E-state index contributed by atoms with van der Waals surface area (Å²) in [5.41, 5.74) is -1.71. The van der Waals surface area contributed by atoms with Crippen molar-refractivity contribution in [2.45, 2.75) is 38.8 Å². The van der Waals surface area contributed by atoms with Crippen LogP contribution in [0.3, 0.4) is 0 Å². The standard InChI is InChI=1S/C14H18F3N3O2/c1-2-22-11(21)13(6-3-4-7-13)9-19-12-18-8-5-10(20-12)14(15,16)17/h5,8H,2-4,6-7,9H2,1H3,(H,18,19,20). The fraction of sp³-hybridized carbons (Fsp3) is 0.643. The Hall–Kier alpha value is -1.86. The number of rotatable bonds is 5. The zero-order valence-electron chi connectivity index (χ0n) is 12.2. The molecule has 1 fully saturated rings. The second kappa shape index (κ2) is 6.50. The summed E-state index contributed by atoms with van der Waals surface area (Å²) in [6.07, 6.45) is -0.390. The number of esters is 1. The Bertz CT molecular complexity index is 528. The van der Waals surface area contributed by atoms with Crippen LogP contribution >= 0.6 is 0 Å². The normalized spacial score (nSPS) is 17.3. The topological polar surface area (TPSA) is 64.1 Å². The average Bonchev–Trinajstić information content (AvgIpc) is 2.95. The van der Waals surface area contributed by atoms with E-state index in [1.807, 2.05) is 0 Å². The van der Waals surface area contributed by atoms with Crippen molar-refractivity contribution in [3.63, 3.8) is 0 Å². The summed E-state index contributed by atoms with van der Waals surface area (Å²) in [4.78, 5) is 19.3.